The van der Waals surface area contributed by atoms with Gasteiger partial charge in [-0.3, -0.25) is 14.5 Å². The Bertz CT molecular complexity index is 717. The first-order valence-corrected chi connectivity index (χ1v) is 8.97. The maximum Gasteiger partial charge on any atom is 0.305 e. The largest absolute Gasteiger partial charge is 0.492 e. The number of ether oxygens (including phenoxy) is 2. The predicted molar refractivity (Wildman–Crippen MR) is 101 cm³/mol. The Balaban J connectivity index is 2.26. The minimum absolute atomic E-state index is 0.0636. The van der Waals surface area contributed by atoms with Gasteiger partial charge in [-0.05, 0) is 18.6 Å². The molecule has 0 aromatic heterocycles. The smallest absolute Gasteiger partial charge is 0.305 e. The van der Waals surface area contributed by atoms with Crippen LogP contribution in [0.3, 0.4) is 0 Å². The van der Waals surface area contributed by atoms with Crippen molar-refractivity contribution >= 4 is 46.3 Å². The van der Waals surface area contributed by atoms with Crippen LogP contribution in [-0.4, -0.2) is 46.5 Å². The summed E-state index contributed by atoms with van der Waals surface area (Å²) in [6, 6.07) is 5.45. The maximum atomic E-state index is 12.5. The molecule has 0 spiro atoms. The van der Waals surface area contributed by atoms with Gasteiger partial charge in [-0.15, -0.1) is 0 Å². The number of carbonyl (C=O) groups excluding carboxylic acids is 1. The van der Waals surface area contributed by atoms with Gasteiger partial charge in [-0.2, -0.15) is 0 Å². The second kappa shape index (κ2) is 8.87. The minimum atomic E-state index is -0.972. The van der Waals surface area contributed by atoms with Gasteiger partial charge >= 0.3 is 5.97 Å². The Labute approximate surface area is 155 Å². The molecule has 1 aliphatic rings. The van der Waals surface area contributed by atoms with Gasteiger partial charge in [0.15, 0.2) is 11.5 Å². The number of aliphatic carboxylic acids is 1. The first-order valence-electron chi connectivity index (χ1n) is 7.74. The summed E-state index contributed by atoms with van der Waals surface area (Å²) in [6.45, 7) is 2.64. The summed E-state index contributed by atoms with van der Waals surface area (Å²) in [5.41, 5.74) is 0.704. The topological polar surface area (TPSA) is 76.1 Å². The van der Waals surface area contributed by atoms with Crippen molar-refractivity contribution in [3.63, 3.8) is 0 Å². The third-order valence-corrected chi connectivity index (χ3v) is 4.76. The second-order valence-electron chi connectivity index (χ2n) is 5.20. The van der Waals surface area contributed by atoms with Crippen LogP contribution in [0.1, 0.15) is 25.3 Å². The third kappa shape index (κ3) is 4.73. The van der Waals surface area contributed by atoms with Crippen LogP contribution in [0.25, 0.3) is 6.08 Å². The molecule has 0 bridgehead atoms. The summed E-state index contributed by atoms with van der Waals surface area (Å²) in [5, 5.41) is 8.78. The number of carboxylic acids is 1. The van der Waals surface area contributed by atoms with Crippen LogP contribution in [0, 0.1) is 0 Å². The zero-order valence-corrected chi connectivity index (χ0v) is 15.6. The van der Waals surface area contributed by atoms with Crippen LogP contribution in [0.15, 0.2) is 23.1 Å². The van der Waals surface area contributed by atoms with E-state index in [2.05, 4.69) is 0 Å². The zero-order chi connectivity index (χ0) is 18.4. The molecule has 0 radical (unpaired) electrons. The number of thioether (sulfide) groups is 1. The lowest BCUT2D eigenvalue weighted by Crippen LogP contribution is -2.30. The fourth-order valence-electron chi connectivity index (χ4n) is 2.23. The second-order valence-corrected chi connectivity index (χ2v) is 6.88. The molecular formula is C17H19NO5S2. The molecule has 8 heteroatoms. The summed E-state index contributed by atoms with van der Waals surface area (Å²) in [5.74, 6) is -0.107. The summed E-state index contributed by atoms with van der Waals surface area (Å²) in [7, 11) is 1.55. The number of hydrogen-bond acceptors (Lipinski definition) is 6. The molecule has 2 rings (SSSR count). The van der Waals surface area contributed by atoms with Gasteiger partial charge in [0.2, 0.25) is 0 Å². The predicted octanol–water partition coefficient (Wildman–Crippen LogP) is 3.16. The van der Waals surface area contributed by atoms with Gasteiger partial charge in [0, 0.05) is 12.1 Å². The molecule has 1 fully saturated rings. The molecular weight excluding hydrogens is 362 g/mol. The van der Waals surface area contributed by atoms with Crippen molar-refractivity contribution in [1.82, 2.24) is 4.90 Å². The highest BCUT2D eigenvalue weighted by atomic mass is 32.2. The van der Waals surface area contributed by atoms with Crippen LogP contribution in [0.2, 0.25) is 0 Å². The van der Waals surface area contributed by atoms with Gasteiger partial charge in [-0.25, -0.2) is 0 Å². The number of benzene rings is 1. The molecule has 0 unspecified atom stereocenters. The average molecular weight is 381 g/mol. The van der Waals surface area contributed by atoms with E-state index in [4.69, 9.17) is 26.8 Å². The number of hydrogen-bond donors (Lipinski definition) is 1. The quantitative estimate of drug-likeness (QED) is 0.547. The van der Waals surface area contributed by atoms with Gasteiger partial charge in [0.1, 0.15) is 4.32 Å². The lowest BCUT2D eigenvalue weighted by molar-refractivity contribution is -0.137. The first-order chi connectivity index (χ1) is 12.0. The van der Waals surface area contributed by atoms with Crippen LogP contribution in [-0.2, 0) is 9.59 Å². The normalized spacial score (nSPS) is 15.8. The average Bonchev–Trinajstić information content (AvgIpc) is 2.84. The molecule has 0 atom stereocenters. The van der Waals surface area contributed by atoms with Crippen molar-refractivity contribution in [2.45, 2.75) is 19.8 Å². The Morgan fingerprint density at radius 1 is 1.44 bits per heavy atom. The van der Waals surface area contributed by atoms with E-state index in [1.807, 2.05) is 25.1 Å². The number of para-hydroxylation sites is 1. The number of carbonyl (C=O) groups is 2. The summed E-state index contributed by atoms with van der Waals surface area (Å²) >= 11 is 6.34. The monoisotopic (exact) mass is 381 g/mol. The van der Waals surface area contributed by atoms with Crippen molar-refractivity contribution < 1.29 is 24.2 Å². The van der Waals surface area contributed by atoms with Crippen LogP contribution in [0.4, 0.5) is 0 Å². The molecule has 1 N–H and O–H groups in total. The van der Waals surface area contributed by atoms with Gasteiger partial charge < -0.3 is 14.6 Å². The van der Waals surface area contributed by atoms with E-state index in [9.17, 15) is 9.59 Å². The molecule has 1 amide bonds. The number of nitrogens with zero attached hydrogens (tertiary/aromatic N) is 1. The van der Waals surface area contributed by atoms with Crippen LogP contribution >= 0.6 is 24.0 Å². The van der Waals surface area contributed by atoms with E-state index in [-0.39, 0.29) is 18.9 Å². The third-order valence-electron chi connectivity index (χ3n) is 3.38. The molecule has 1 saturated heterocycles. The van der Waals surface area contributed by atoms with Gasteiger partial charge in [0.25, 0.3) is 5.91 Å². The Kier molecular flexibility index (Phi) is 6.83. The minimum Gasteiger partial charge on any atom is -0.492 e. The molecule has 0 aliphatic carbocycles. The zero-order valence-electron chi connectivity index (χ0n) is 14.0. The number of methoxy groups -OCH3 is 1. The molecule has 1 aromatic carbocycles. The molecule has 0 saturated carbocycles. The SMILES string of the molecule is CCCOc1cccc(/C=C2\SC(=S)N(CCC(=O)O)C2=O)c1OC. The molecule has 1 aromatic rings. The van der Waals surface area contributed by atoms with E-state index in [0.717, 1.165) is 18.2 Å². The highest BCUT2D eigenvalue weighted by molar-refractivity contribution is 8.26. The van der Waals surface area contributed by atoms with Gasteiger partial charge in [-0.1, -0.05) is 43.0 Å². The first kappa shape index (κ1) is 19.3. The standard InChI is InChI=1S/C17H19NO5S2/c1-3-9-23-12-6-4-5-11(15(12)22-2)10-13-16(21)18(17(24)25-13)8-7-14(19)20/h4-6,10H,3,7-9H2,1-2H3,(H,19,20)/b13-10-. The molecule has 25 heavy (non-hydrogen) atoms. The van der Waals surface area contributed by atoms with Crippen molar-refractivity contribution in [3.05, 3.63) is 28.7 Å². The summed E-state index contributed by atoms with van der Waals surface area (Å²) in [4.78, 5) is 24.9. The molecule has 6 nitrogen and oxygen atoms in total. The lowest BCUT2D eigenvalue weighted by atomic mass is 10.1. The van der Waals surface area contributed by atoms with E-state index in [1.165, 1.54) is 4.90 Å². The molecule has 1 aliphatic heterocycles. The van der Waals surface area contributed by atoms with Crippen molar-refractivity contribution in [1.29, 1.82) is 0 Å². The number of amides is 1. The maximum absolute atomic E-state index is 12.5. The van der Waals surface area contributed by atoms with E-state index in [1.54, 1.807) is 13.2 Å². The summed E-state index contributed by atoms with van der Waals surface area (Å²) in [6.07, 6.45) is 2.41. The fourth-order valence-corrected chi connectivity index (χ4v) is 3.53. The van der Waals surface area contributed by atoms with Crippen molar-refractivity contribution in [2.24, 2.45) is 0 Å². The molecule has 134 valence electrons. The van der Waals surface area contributed by atoms with E-state index in [0.29, 0.717) is 32.9 Å². The number of thiocarbonyl (C=S) groups is 1. The van der Waals surface area contributed by atoms with Crippen LogP contribution in [0.5, 0.6) is 11.5 Å². The number of rotatable bonds is 8. The highest BCUT2D eigenvalue weighted by Gasteiger charge is 2.32. The van der Waals surface area contributed by atoms with E-state index >= 15 is 0 Å². The van der Waals surface area contributed by atoms with Gasteiger partial charge in [0.05, 0.1) is 25.0 Å². The Hall–Kier alpha value is -2.06. The Morgan fingerprint density at radius 3 is 2.84 bits per heavy atom. The number of carboxylic acid groups (broad SMARTS) is 1. The lowest BCUT2D eigenvalue weighted by Gasteiger charge is -2.13. The van der Waals surface area contributed by atoms with Crippen molar-refractivity contribution in [2.75, 3.05) is 20.3 Å². The summed E-state index contributed by atoms with van der Waals surface area (Å²) < 4.78 is 11.5. The fraction of sp³-hybridized carbons (Fsp3) is 0.353. The van der Waals surface area contributed by atoms with Crippen LogP contribution < -0.4 is 9.47 Å². The highest BCUT2D eigenvalue weighted by Crippen LogP contribution is 2.37. The van der Waals surface area contributed by atoms with E-state index < -0.39 is 5.97 Å². The molecule has 1 heterocycles. The van der Waals surface area contributed by atoms with Crippen molar-refractivity contribution in [3.8, 4) is 11.5 Å². The Morgan fingerprint density at radius 2 is 2.20 bits per heavy atom.